The predicted molar refractivity (Wildman–Crippen MR) is 106 cm³/mol. The summed E-state index contributed by atoms with van der Waals surface area (Å²) in [5, 5.41) is 10.8. The van der Waals surface area contributed by atoms with Crippen LogP contribution in [0.15, 0.2) is 24.3 Å². The number of phenolic OH excluding ortho intramolecular Hbond substituents is 1. The largest absolute Gasteiger partial charge is 0.507 e. The van der Waals surface area contributed by atoms with E-state index in [9.17, 15) is 5.11 Å². The molecule has 2 aromatic rings. The summed E-state index contributed by atoms with van der Waals surface area (Å²) in [4.78, 5) is 0. The second-order valence-electron chi connectivity index (χ2n) is 9.13. The number of aromatic hydroxyl groups is 1. The first-order chi connectivity index (χ1) is 11.4. The van der Waals surface area contributed by atoms with Gasteiger partial charge in [0.25, 0.3) is 0 Å². The van der Waals surface area contributed by atoms with Gasteiger partial charge in [0, 0.05) is 13.0 Å². The fourth-order valence-corrected chi connectivity index (χ4v) is 3.08. The average Bonchev–Trinajstić information content (AvgIpc) is 2.48. The van der Waals surface area contributed by atoms with E-state index < -0.39 is 0 Å². The van der Waals surface area contributed by atoms with Crippen molar-refractivity contribution < 1.29 is 5.11 Å². The average molecular weight is 339 g/mol. The van der Waals surface area contributed by atoms with Crippen molar-refractivity contribution in [2.24, 2.45) is 5.73 Å². The third-order valence-corrected chi connectivity index (χ3v) is 4.55. The van der Waals surface area contributed by atoms with Crippen molar-refractivity contribution in [1.29, 1.82) is 0 Å². The number of hydrogen-bond donors (Lipinski definition) is 2. The van der Waals surface area contributed by atoms with Gasteiger partial charge in [-0.1, -0.05) is 71.4 Å². The van der Waals surface area contributed by atoms with Gasteiger partial charge in [0.2, 0.25) is 0 Å². The Morgan fingerprint density at radius 2 is 1.60 bits per heavy atom. The minimum absolute atomic E-state index is 0.0190. The molecule has 0 spiro atoms. The molecule has 0 unspecified atom stereocenters. The van der Waals surface area contributed by atoms with Gasteiger partial charge < -0.3 is 10.8 Å². The van der Waals surface area contributed by atoms with Crippen molar-refractivity contribution >= 4 is 0 Å². The minimum Gasteiger partial charge on any atom is -0.507 e. The summed E-state index contributed by atoms with van der Waals surface area (Å²) in [6.45, 7) is 15.5. The van der Waals surface area contributed by atoms with Gasteiger partial charge >= 0.3 is 0 Å². The molecule has 135 valence electrons. The first-order valence-electron chi connectivity index (χ1n) is 9.00. The highest BCUT2D eigenvalue weighted by Crippen LogP contribution is 2.35. The molecule has 2 heteroatoms. The normalized spacial score (nSPS) is 12.5. The Balaban J connectivity index is 2.52. The third kappa shape index (κ3) is 4.64. The van der Waals surface area contributed by atoms with E-state index in [1.807, 2.05) is 0 Å². The molecule has 0 heterocycles. The van der Waals surface area contributed by atoms with Crippen LogP contribution in [0.2, 0.25) is 0 Å². The molecule has 2 aromatic carbocycles. The van der Waals surface area contributed by atoms with Crippen LogP contribution in [0, 0.1) is 13.0 Å². The minimum atomic E-state index is -0.0930. The first-order valence-corrected chi connectivity index (χ1v) is 9.00. The molecule has 0 amide bonds. The smallest absolute Gasteiger partial charge is 0.122 e. The van der Waals surface area contributed by atoms with Gasteiger partial charge in [-0.05, 0) is 51.6 Å². The van der Waals surface area contributed by atoms with Crippen molar-refractivity contribution in [1.82, 2.24) is 0 Å². The highest BCUT2D eigenvalue weighted by atomic mass is 16.3. The Kier molecular flexibility index (Phi) is 5.34. The number of benzene rings is 2. The SMILES string of the molecule is Cc1cc(Cc2[c]c(C(C)(C)C)cc(CN)c2)c(O)c(C(C)(C)C)c1. The summed E-state index contributed by atoms with van der Waals surface area (Å²) in [7, 11) is 0. The third-order valence-electron chi connectivity index (χ3n) is 4.55. The van der Waals surface area contributed by atoms with Crippen molar-refractivity contribution in [3.63, 3.8) is 0 Å². The van der Waals surface area contributed by atoms with Crippen LogP contribution < -0.4 is 5.73 Å². The van der Waals surface area contributed by atoms with Crippen LogP contribution in [0.4, 0.5) is 0 Å². The highest BCUT2D eigenvalue weighted by molar-refractivity contribution is 5.49. The Hall–Kier alpha value is -1.80. The maximum Gasteiger partial charge on any atom is 0.122 e. The van der Waals surface area contributed by atoms with Crippen molar-refractivity contribution in [3.05, 3.63) is 63.7 Å². The summed E-state index contributed by atoms with van der Waals surface area (Å²) in [5.74, 6) is 0.405. The molecule has 3 N–H and O–H groups in total. The molecule has 0 fully saturated rings. The molecule has 25 heavy (non-hydrogen) atoms. The van der Waals surface area contributed by atoms with Crippen LogP contribution in [0.25, 0.3) is 0 Å². The van der Waals surface area contributed by atoms with Crippen LogP contribution in [0.1, 0.15) is 74.9 Å². The fraction of sp³-hybridized carbons (Fsp3) is 0.478. The molecule has 0 atom stereocenters. The molecule has 2 rings (SSSR count). The first kappa shape index (κ1) is 19.5. The molecule has 0 saturated heterocycles. The highest BCUT2D eigenvalue weighted by Gasteiger charge is 2.21. The molecular formula is C23H32NO. The number of phenols is 1. The molecule has 0 bridgehead atoms. The van der Waals surface area contributed by atoms with Crippen molar-refractivity contribution in [2.45, 2.75) is 72.3 Å². The lowest BCUT2D eigenvalue weighted by Crippen LogP contribution is -2.14. The van der Waals surface area contributed by atoms with E-state index in [4.69, 9.17) is 5.73 Å². The summed E-state index contributed by atoms with van der Waals surface area (Å²) in [6.07, 6.45) is 0.660. The Labute approximate surface area is 153 Å². The molecule has 0 saturated carbocycles. The zero-order chi connectivity index (χ0) is 19.0. The Morgan fingerprint density at radius 1 is 0.960 bits per heavy atom. The molecule has 1 radical (unpaired) electrons. The van der Waals surface area contributed by atoms with E-state index in [0.717, 1.165) is 27.8 Å². The Morgan fingerprint density at radius 3 is 2.12 bits per heavy atom. The van der Waals surface area contributed by atoms with Gasteiger partial charge in [-0.3, -0.25) is 0 Å². The Bertz CT molecular complexity index is 761. The van der Waals surface area contributed by atoms with Crippen LogP contribution >= 0.6 is 0 Å². The van der Waals surface area contributed by atoms with Gasteiger partial charge in [-0.25, -0.2) is 0 Å². The maximum absolute atomic E-state index is 10.8. The van der Waals surface area contributed by atoms with Crippen molar-refractivity contribution in [3.8, 4) is 5.75 Å². The van der Waals surface area contributed by atoms with Gasteiger partial charge in [0.1, 0.15) is 5.75 Å². The predicted octanol–water partition coefficient (Wildman–Crippen LogP) is 5.15. The monoisotopic (exact) mass is 338 g/mol. The lowest BCUT2D eigenvalue weighted by molar-refractivity contribution is 0.441. The second kappa shape index (κ2) is 6.84. The topological polar surface area (TPSA) is 46.2 Å². The number of nitrogens with two attached hydrogens (primary N) is 1. The van der Waals surface area contributed by atoms with E-state index in [1.54, 1.807) is 0 Å². The van der Waals surface area contributed by atoms with Crippen LogP contribution in [0.5, 0.6) is 5.75 Å². The van der Waals surface area contributed by atoms with Crippen LogP contribution in [0.3, 0.4) is 0 Å². The fourth-order valence-electron chi connectivity index (χ4n) is 3.08. The summed E-state index contributed by atoms with van der Waals surface area (Å²) in [5.41, 5.74) is 12.3. The molecular weight excluding hydrogens is 306 g/mol. The van der Waals surface area contributed by atoms with E-state index in [2.05, 4.69) is 78.8 Å². The molecule has 0 aliphatic heterocycles. The van der Waals surface area contributed by atoms with E-state index in [-0.39, 0.29) is 10.8 Å². The summed E-state index contributed by atoms with van der Waals surface area (Å²) in [6, 6.07) is 11.9. The lowest BCUT2D eigenvalue weighted by Gasteiger charge is -2.24. The van der Waals surface area contributed by atoms with E-state index in [0.29, 0.717) is 18.7 Å². The number of hydrogen-bond acceptors (Lipinski definition) is 2. The zero-order valence-corrected chi connectivity index (χ0v) is 16.7. The maximum atomic E-state index is 10.8. The number of aryl methyl sites for hydroxylation is 1. The second-order valence-corrected chi connectivity index (χ2v) is 9.13. The van der Waals surface area contributed by atoms with Gasteiger partial charge in [0.15, 0.2) is 0 Å². The summed E-state index contributed by atoms with van der Waals surface area (Å²) < 4.78 is 0. The summed E-state index contributed by atoms with van der Waals surface area (Å²) >= 11 is 0. The molecule has 0 aliphatic rings. The van der Waals surface area contributed by atoms with Gasteiger partial charge in [0.05, 0.1) is 0 Å². The van der Waals surface area contributed by atoms with Crippen LogP contribution in [-0.4, -0.2) is 5.11 Å². The lowest BCUT2D eigenvalue weighted by atomic mass is 9.82. The zero-order valence-electron chi connectivity index (χ0n) is 16.7. The van der Waals surface area contributed by atoms with Gasteiger partial charge in [-0.15, -0.1) is 0 Å². The molecule has 0 aliphatic carbocycles. The molecule has 0 aromatic heterocycles. The van der Waals surface area contributed by atoms with Gasteiger partial charge in [-0.2, -0.15) is 0 Å². The standard InChI is InChI=1S/C23H32NO/c1-15-8-18(21(25)20(9-15)23(5,6)7)11-16-10-17(14-24)13-19(12-16)22(2,3)4/h8-10,13,25H,11,14,24H2,1-7H3. The van der Waals surface area contributed by atoms with E-state index >= 15 is 0 Å². The van der Waals surface area contributed by atoms with E-state index in [1.165, 1.54) is 5.56 Å². The quantitative estimate of drug-likeness (QED) is 0.813. The molecule has 2 nitrogen and oxygen atoms in total. The number of rotatable bonds is 3. The van der Waals surface area contributed by atoms with Crippen molar-refractivity contribution in [2.75, 3.05) is 0 Å². The van der Waals surface area contributed by atoms with Crippen LogP contribution in [-0.2, 0) is 23.8 Å².